The van der Waals surface area contributed by atoms with Crippen molar-refractivity contribution in [3.05, 3.63) is 47.7 Å². The summed E-state index contributed by atoms with van der Waals surface area (Å²) >= 11 is 0. The van der Waals surface area contributed by atoms with Crippen molar-refractivity contribution in [2.24, 2.45) is 0 Å². The minimum absolute atomic E-state index is 0.0687. The maximum Gasteiger partial charge on any atom is 0.254 e. The summed E-state index contributed by atoms with van der Waals surface area (Å²) in [5, 5.41) is 2.66. The van der Waals surface area contributed by atoms with Gasteiger partial charge in [0.15, 0.2) is 0 Å². The first-order valence-electron chi connectivity index (χ1n) is 8.81. The summed E-state index contributed by atoms with van der Waals surface area (Å²) in [6, 6.07) is 6.70. The average molecular weight is 372 g/mol. The van der Waals surface area contributed by atoms with Gasteiger partial charge in [0.1, 0.15) is 12.4 Å². The van der Waals surface area contributed by atoms with Crippen LogP contribution in [0.5, 0.6) is 5.88 Å². The smallest absolute Gasteiger partial charge is 0.254 e. The number of carbonyl (C=O) groups is 2. The van der Waals surface area contributed by atoms with Gasteiger partial charge in [0.25, 0.3) is 11.8 Å². The molecule has 0 bridgehead atoms. The summed E-state index contributed by atoms with van der Waals surface area (Å²) in [6.07, 6.45) is 2.02. The fraction of sp³-hybridized carbons (Fsp3) is 0.368. The Morgan fingerprint density at radius 2 is 2.04 bits per heavy atom. The molecule has 2 amide bonds. The minimum atomic E-state index is -0.543. The molecule has 1 N–H and O–H groups in total. The largest absolute Gasteiger partial charge is 0.470 e. The van der Waals surface area contributed by atoms with Gasteiger partial charge in [-0.1, -0.05) is 6.92 Å². The van der Waals surface area contributed by atoms with Gasteiger partial charge in [0.2, 0.25) is 11.7 Å². The summed E-state index contributed by atoms with van der Waals surface area (Å²) in [5.74, 6) is -0.913. The van der Waals surface area contributed by atoms with Crippen LogP contribution in [0.25, 0.3) is 0 Å². The SMILES string of the molecule is CCc1ncnc(O[C@@H]2CCN(C(=O)c3ccc(NC(C)=O)cc3)C2)c1F. The van der Waals surface area contributed by atoms with Gasteiger partial charge >= 0.3 is 0 Å². The highest BCUT2D eigenvalue weighted by atomic mass is 19.1. The molecular formula is C19H21FN4O3. The zero-order valence-corrected chi connectivity index (χ0v) is 15.2. The lowest BCUT2D eigenvalue weighted by atomic mass is 10.2. The Balaban J connectivity index is 1.62. The Hall–Kier alpha value is -3.03. The lowest BCUT2D eigenvalue weighted by Gasteiger charge is -2.17. The molecule has 0 unspecified atom stereocenters. The third kappa shape index (κ3) is 4.39. The highest BCUT2D eigenvalue weighted by molar-refractivity contribution is 5.95. The van der Waals surface area contributed by atoms with E-state index in [1.54, 1.807) is 29.2 Å². The topological polar surface area (TPSA) is 84.4 Å². The number of ether oxygens (including phenoxy) is 1. The second kappa shape index (κ2) is 8.11. The molecule has 1 aliphatic heterocycles. The number of aryl methyl sites for hydroxylation is 1. The third-order valence-corrected chi connectivity index (χ3v) is 4.33. The van der Waals surface area contributed by atoms with Crippen LogP contribution in [0.4, 0.5) is 10.1 Å². The fourth-order valence-corrected chi connectivity index (χ4v) is 2.97. The molecular weight excluding hydrogens is 351 g/mol. The van der Waals surface area contributed by atoms with Gasteiger partial charge in [-0.05, 0) is 30.7 Å². The van der Waals surface area contributed by atoms with Crippen molar-refractivity contribution in [1.82, 2.24) is 14.9 Å². The van der Waals surface area contributed by atoms with E-state index in [0.717, 1.165) is 0 Å². The first kappa shape index (κ1) is 18.8. The summed E-state index contributed by atoms with van der Waals surface area (Å²) in [5.41, 5.74) is 1.46. The molecule has 1 saturated heterocycles. The van der Waals surface area contributed by atoms with E-state index >= 15 is 0 Å². The lowest BCUT2D eigenvalue weighted by molar-refractivity contribution is -0.114. The molecule has 1 aliphatic rings. The van der Waals surface area contributed by atoms with E-state index in [4.69, 9.17) is 4.74 Å². The van der Waals surface area contributed by atoms with E-state index < -0.39 is 5.82 Å². The number of hydrogen-bond acceptors (Lipinski definition) is 5. The van der Waals surface area contributed by atoms with Gasteiger partial charge in [-0.3, -0.25) is 9.59 Å². The summed E-state index contributed by atoms with van der Waals surface area (Å²) in [7, 11) is 0. The molecule has 142 valence electrons. The number of likely N-dealkylation sites (tertiary alicyclic amines) is 1. The second-order valence-corrected chi connectivity index (χ2v) is 6.33. The number of benzene rings is 1. The molecule has 1 aromatic heterocycles. The molecule has 1 atom stereocenters. The van der Waals surface area contributed by atoms with E-state index in [2.05, 4.69) is 15.3 Å². The van der Waals surface area contributed by atoms with Crippen LogP contribution in [-0.4, -0.2) is 45.9 Å². The molecule has 0 radical (unpaired) electrons. The van der Waals surface area contributed by atoms with Crippen LogP contribution in [0.2, 0.25) is 0 Å². The van der Waals surface area contributed by atoms with Crippen LogP contribution in [0.1, 0.15) is 36.3 Å². The highest BCUT2D eigenvalue weighted by Gasteiger charge is 2.29. The molecule has 2 heterocycles. The molecule has 0 spiro atoms. The van der Waals surface area contributed by atoms with E-state index in [1.165, 1.54) is 13.3 Å². The van der Waals surface area contributed by atoms with Gasteiger partial charge in [0, 0.05) is 31.1 Å². The zero-order valence-electron chi connectivity index (χ0n) is 15.2. The molecule has 2 aromatic rings. The first-order valence-corrected chi connectivity index (χ1v) is 8.81. The number of aromatic nitrogens is 2. The Labute approximate surface area is 156 Å². The number of anilines is 1. The molecule has 27 heavy (non-hydrogen) atoms. The van der Waals surface area contributed by atoms with Crippen molar-refractivity contribution < 1.29 is 18.7 Å². The van der Waals surface area contributed by atoms with Crippen molar-refractivity contribution in [2.45, 2.75) is 32.8 Å². The van der Waals surface area contributed by atoms with Crippen LogP contribution in [0, 0.1) is 5.82 Å². The van der Waals surface area contributed by atoms with Crippen LogP contribution < -0.4 is 10.1 Å². The van der Waals surface area contributed by atoms with Crippen LogP contribution in [-0.2, 0) is 11.2 Å². The first-order chi connectivity index (χ1) is 13.0. The summed E-state index contributed by atoms with van der Waals surface area (Å²) in [4.78, 5) is 33.1. The molecule has 3 rings (SSSR count). The third-order valence-electron chi connectivity index (χ3n) is 4.33. The fourth-order valence-electron chi connectivity index (χ4n) is 2.97. The van der Waals surface area contributed by atoms with Crippen molar-refractivity contribution in [2.75, 3.05) is 18.4 Å². The van der Waals surface area contributed by atoms with Gasteiger partial charge in [-0.2, -0.15) is 9.37 Å². The lowest BCUT2D eigenvalue weighted by Crippen LogP contribution is -2.31. The number of halogens is 1. The standard InChI is InChI=1S/C19H21FN4O3/c1-3-16-17(20)18(22-11-21-16)27-15-8-9-24(10-15)19(26)13-4-6-14(7-5-13)23-12(2)25/h4-7,11,15H,3,8-10H2,1-2H3,(H,23,25)/t15-/m1/s1. The molecule has 8 heteroatoms. The van der Waals surface area contributed by atoms with Crippen molar-refractivity contribution in [3.63, 3.8) is 0 Å². The Morgan fingerprint density at radius 3 is 2.70 bits per heavy atom. The van der Waals surface area contributed by atoms with E-state index in [0.29, 0.717) is 42.9 Å². The second-order valence-electron chi connectivity index (χ2n) is 6.33. The predicted octanol–water partition coefficient (Wildman–Crippen LogP) is 2.43. The van der Waals surface area contributed by atoms with Crippen molar-refractivity contribution >= 4 is 17.5 Å². The number of carbonyl (C=O) groups excluding carboxylic acids is 2. The number of amides is 2. The molecule has 0 aliphatic carbocycles. The van der Waals surface area contributed by atoms with E-state index in [1.807, 2.05) is 6.92 Å². The normalized spacial score (nSPS) is 16.3. The van der Waals surface area contributed by atoms with Crippen LogP contribution in [0.3, 0.4) is 0 Å². The average Bonchev–Trinajstić information content (AvgIpc) is 3.11. The molecule has 1 fully saturated rings. The van der Waals surface area contributed by atoms with E-state index in [9.17, 15) is 14.0 Å². The maximum absolute atomic E-state index is 14.2. The van der Waals surface area contributed by atoms with Crippen LogP contribution >= 0.6 is 0 Å². The van der Waals surface area contributed by atoms with E-state index in [-0.39, 0.29) is 23.8 Å². The highest BCUT2D eigenvalue weighted by Crippen LogP contribution is 2.22. The predicted molar refractivity (Wildman–Crippen MR) is 97.1 cm³/mol. The summed E-state index contributed by atoms with van der Waals surface area (Å²) in [6.45, 7) is 4.11. The number of hydrogen-bond donors (Lipinski definition) is 1. The number of rotatable bonds is 5. The molecule has 1 aromatic carbocycles. The number of nitrogens with zero attached hydrogens (tertiary/aromatic N) is 3. The minimum Gasteiger partial charge on any atom is -0.470 e. The van der Waals surface area contributed by atoms with Gasteiger partial charge in [0.05, 0.1) is 12.2 Å². The molecule has 0 saturated carbocycles. The number of nitrogens with one attached hydrogen (secondary N) is 1. The summed E-state index contributed by atoms with van der Waals surface area (Å²) < 4.78 is 19.9. The Kier molecular flexibility index (Phi) is 5.63. The maximum atomic E-state index is 14.2. The Morgan fingerprint density at radius 1 is 1.30 bits per heavy atom. The monoisotopic (exact) mass is 372 g/mol. The quantitative estimate of drug-likeness (QED) is 0.871. The van der Waals surface area contributed by atoms with Gasteiger partial charge in [-0.25, -0.2) is 4.98 Å². The van der Waals surface area contributed by atoms with Gasteiger partial charge in [-0.15, -0.1) is 0 Å². The Bertz CT molecular complexity index is 841. The van der Waals surface area contributed by atoms with Crippen molar-refractivity contribution in [3.8, 4) is 5.88 Å². The van der Waals surface area contributed by atoms with Crippen LogP contribution in [0.15, 0.2) is 30.6 Å². The van der Waals surface area contributed by atoms with Crippen molar-refractivity contribution in [1.29, 1.82) is 0 Å². The van der Waals surface area contributed by atoms with Gasteiger partial charge < -0.3 is 15.0 Å². The zero-order chi connectivity index (χ0) is 19.4. The molecule has 7 nitrogen and oxygen atoms in total.